The number of benzene rings is 2. The third-order valence-corrected chi connectivity index (χ3v) is 4.52. The third kappa shape index (κ3) is 4.08. The van der Waals surface area contributed by atoms with Crippen LogP contribution in [-0.4, -0.2) is 22.0 Å². The first-order valence-electron chi connectivity index (χ1n) is 8.79. The van der Waals surface area contributed by atoms with Crippen molar-refractivity contribution in [3.05, 3.63) is 65.0 Å². The van der Waals surface area contributed by atoms with Crippen LogP contribution in [0.2, 0.25) is 0 Å². The minimum atomic E-state index is 0.0175. The van der Waals surface area contributed by atoms with E-state index in [0.29, 0.717) is 6.54 Å². The molecule has 2 aromatic carbocycles. The minimum absolute atomic E-state index is 0.0175. The Balaban J connectivity index is 1.90. The van der Waals surface area contributed by atoms with Gasteiger partial charge in [-0.25, -0.2) is 4.98 Å². The highest BCUT2D eigenvalue weighted by molar-refractivity contribution is 5.76. The van der Waals surface area contributed by atoms with Gasteiger partial charge in [-0.15, -0.1) is 0 Å². The van der Waals surface area contributed by atoms with Gasteiger partial charge in [0.05, 0.1) is 11.0 Å². The molecule has 1 amide bonds. The average molecular weight is 335 g/mol. The van der Waals surface area contributed by atoms with Crippen LogP contribution in [-0.2, 0) is 17.8 Å². The molecule has 1 aromatic heterocycles. The summed E-state index contributed by atoms with van der Waals surface area (Å²) >= 11 is 0. The van der Waals surface area contributed by atoms with Gasteiger partial charge in [-0.3, -0.25) is 4.79 Å². The molecule has 1 heterocycles. The van der Waals surface area contributed by atoms with Gasteiger partial charge in [0.2, 0.25) is 5.91 Å². The Morgan fingerprint density at radius 1 is 1.16 bits per heavy atom. The van der Waals surface area contributed by atoms with Crippen LogP contribution in [0.3, 0.4) is 0 Å². The molecule has 130 valence electrons. The van der Waals surface area contributed by atoms with Gasteiger partial charge < -0.3 is 9.88 Å². The molecule has 0 fully saturated rings. The number of aryl methyl sites for hydroxylation is 3. The Bertz CT molecular complexity index is 895. The Morgan fingerprint density at radius 3 is 2.76 bits per heavy atom. The number of amides is 1. The molecule has 0 aliphatic carbocycles. The van der Waals surface area contributed by atoms with Crippen molar-refractivity contribution >= 4 is 16.9 Å². The van der Waals surface area contributed by atoms with Gasteiger partial charge in [0.1, 0.15) is 5.82 Å². The summed E-state index contributed by atoms with van der Waals surface area (Å²) in [7, 11) is 0. The number of carbonyl (C=O) groups excluding carboxylic acids is 1. The number of nitrogens with zero attached hydrogens (tertiary/aromatic N) is 2. The van der Waals surface area contributed by atoms with Crippen LogP contribution >= 0.6 is 0 Å². The maximum Gasteiger partial charge on any atom is 0.216 e. The predicted octanol–water partition coefficient (Wildman–Crippen LogP) is 3.77. The first kappa shape index (κ1) is 17.2. The largest absolute Gasteiger partial charge is 0.356 e. The third-order valence-electron chi connectivity index (χ3n) is 4.52. The SMILES string of the molecule is CC(=O)NCCCc1nc2ccccc2n1Cc1cc(C)ccc1C. The topological polar surface area (TPSA) is 46.9 Å². The monoisotopic (exact) mass is 335 g/mol. The fourth-order valence-electron chi connectivity index (χ4n) is 3.14. The molecule has 0 aliphatic rings. The highest BCUT2D eigenvalue weighted by atomic mass is 16.1. The van der Waals surface area contributed by atoms with E-state index in [9.17, 15) is 4.79 Å². The lowest BCUT2D eigenvalue weighted by atomic mass is 10.1. The van der Waals surface area contributed by atoms with E-state index in [1.807, 2.05) is 6.07 Å². The van der Waals surface area contributed by atoms with Crippen LogP contribution in [0.1, 0.15) is 35.9 Å². The molecule has 0 saturated heterocycles. The summed E-state index contributed by atoms with van der Waals surface area (Å²) in [6.07, 6.45) is 1.73. The Morgan fingerprint density at radius 2 is 1.96 bits per heavy atom. The van der Waals surface area contributed by atoms with Crippen molar-refractivity contribution in [2.75, 3.05) is 6.54 Å². The number of imidazole rings is 1. The number of hydrogen-bond donors (Lipinski definition) is 1. The molecule has 4 heteroatoms. The Labute approximate surface area is 148 Å². The summed E-state index contributed by atoms with van der Waals surface area (Å²) in [5.74, 6) is 1.09. The lowest BCUT2D eigenvalue weighted by Gasteiger charge is -2.12. The second kappa shape index (κ2) is 7.51. The van der Waals surface area contributed by atoms with Gasteiger partial charge in [-0.1, -0.05) is 35.9 Å². The molecule has 0 atom stereocenters. The molecule has 0 aliphatic heterocycles. The number of rotatable bonds is 6. The minimum Gasteiger partial charge on any atom is -0.356 e. The molecule has 4 nitrogen and oxygen atoms in total. The number of nitrogens with one attached hydrogen (secondary N) is 1. The smallest absolute Gasteiger partial charge is 0.216 e. The highest BCUT2D eigenvalue weighted by Gasteiger charge is 2.12. The van der Waals surface area contributed by atoms with Crippen molar-refractivity contribution in [2.45, 2.75) is 40.2 Å². The maximum absolute atomic E-state index is 11.0. The normalized spacial score (nSPS) is 11.0. The number of fused-ring (bicyclic) bond motifs is 1. The lowest BCUT2D eigenvalue weighted by molar-refractivity contribution is -0.118. The number of aromatic nitrogens is 2. The quantitative estimate of drug-likeness (QED) is 0.697. The fraction of sp³-hybridized carbons (Fsp3) is 0.333. The number of hydrogen-bond acceptors (Lipinski definition) is 2. The standard InChI is InChI=1S/C21H25N3O/c1-15-10-11-16(2)18(13-15)14-24-20-8-5-4-7-19(20)23-21(24)9-6-12-22-17(3)25/h4-5,7-8,10-11,13H,6,9,12,14H2,1-3H3,(H,22,25). The molecule has 0 bridgehead atoms. The van der Waals surface area contributed by atoms with E-state index in [-0.39, 0.29) is 5.91 Å². The first-order valence-corrected chi connectivity index (χ1v) is 8.79. The van der Waals surface area contributed by atoms with E-state index in [2.05, 4.69) is 60.1 Å². The van der Waals surface area contributed by atoms with Crippen molar-refractivity contribution < 1.29 is 4.79 Å². The second-order valence-corrected chi connectivity index (χ2v) is 6.62. The fourth-order valence-corrected chi connectivity index (χ4v) is 3.14. The molecule has 0 saturated carbocycles. The molecule has 0 spiro atoms. The summed E-state index contributed by atoms with van der Waals surface area (Å²) in [5, 5.41) is 2.86. The van der Waals surface area contributed by atoms with Gasteiger partial charge >= 0.3 is 0 Å². The van der Waals surface area contributed by atoms with Crippen molar-refractivity contribution in [3.63, 3.8) is 0 Å². The van der Waals surface area contributed by atoms with Crippen LogP contribution in [0.25, 0.3) is 11.0 Å². The molecule has 3 aromatic rings. The van der Waals surface area contributed by atoms with E-state index in [4.69, 9.17) is 4.98 Å². The van der Waals surface area contributed by atoms with Crippen LogP contribution in [0.4, 0.5) is 0 Å². The Kier molecular flexibility index (Phi) is 5.17. The van der Waals surface area contributed by atoms with Crippen molar-refractivity contribution in [3.8, 4) is 0 Å². The van der Waals surface area contributed by atoms with Crippen LogP contribution < -0.4 is 5.32 Å². The molecular weight excluding hydrogens is 310 g/mol. The number of para-hydroxylation sites is 2. The molecule has 0 unspecified atom stereocenters. The van der Waals surface area contributed by atoms with Crippen LogP contribution in [0.5, 0.6) is 0 Å². The van der Waals surface area contributed by atoms with Gasteiger partial charge in [0.15, 0.2) is 0 Å². The van der Waals surface area contributed by atoms with Gasteiger partial charge in [0.25, 0.3) is 0 Å². The first-order chi connectivity index (χ1) is 12.0. The highest BCUT2D eigenvalue weighted by Crippen LogP contribution is 2.21. The molecular formula is C21H25N3O. The van der Waals surface area contributed by atoms with Gasteiger partial charge in [-0.2, -0.15) is 0 Å². The molecule has 3 rings (SSSR count). The summed E-state index contributed by atoms with van der Waals surface area (Å²) in [6.45, 7) is 7.34. The Hall–Kier alpha value is -2.62. The van der Waals surface area contributed by atoms with E-state index in [1.165, 1.54) is 16.7 Å². The number of carbonyl (C=O) groups is 1. The molecule has 1 N–H and O–H groups in total. The van der Waals surface area contributed by atoms with Crippen molar-refractivity contribution in [2.24, 2.45) is 0 Å². The summed E-state index contributed by atoms with van der Waals surface area (Å²) in [4.78, 5) is 15.9. The predicted molar refractivity (Wildman–Crippen MR) is 102 cm³/mol. The van der Waals surface area contributed by atoms with Crippen LogP contribution in [0, 0.1) is 13.8 Å². The van der Waals surface area contributed by atoms with Gasteiger partial charge in [0, 0.05) is 26.4 Å². The van der Waals surface area contributed by atoms with E-state index in [1.54, 1.807) is 6.92 Å². The van der Waals surface area contributed by atoms with Crippen molar-refractivity contribution in [1.29, 1.82) is 0 Å². The average Bonchev–Trinajstić information content (AvgIpc) is 2.93. The second-order valence-electron chi connectivity index (χ2n) is 6.62. The summed E-state index contributed by atoms with van der Waals surface area (Å²) in [5.41, 5.74) is 6.09. The zero-order chi connectivity index (χ0) is 17.8. The van der Waals surface area contributed by atoms with Gasteiger partial charge in [-0.05, 0) is 43.5 Å². The maximum atomic E-state index is 11.0. The zero-order valence-corrected chi connectivity index (χ0v) is 15.2. The van der Waals surface area contributed by atoms with Crippen molar-refractivity contribution in [1.82, 2.24) is 14.9 Å². The molecule has 0 radical (unpaired) electrons. The zero-order valence-electron chi connectivity index (χ0n) is 15.2. The molecule has 25 heavy (non-hydrogen) atoms. The summed E-state index contributed by atoms with van der Waals surface area (Å²) < 4.78 is 2.31. The van der Waals surface area contributed by atoms with E-state index >= 15 is 0 Å². The van der Waals surface area contributed by atoms with E-state index < -0.39 is 0 Å². The van der Waals surface area contributed by atoms with Crippen LogP contribution in [0.15, 0.2) is 42.5 Å². The lowest BCUT2D eigenvalue weighted by Crippen LogP contribution is -2.21. The van der Waals surface area contributed by atoms with E-state index in [0.717, 1.165) is 36.2 Å². The summed E-state index contributed by atoms with van der Waals surface area (Å²) in [6, 6.07) is 14.9.